The number of ether oxygens (including phenoxy) is 3. The van der Waals surface area contributed by atoms with Crippen LogP contribution in [0.2, 0.25) is 0 Å². The van der Waals surface area contributed by atoms with Crippen LogP contribution in [0.5, 0.6) is 0 Å². The van der Waals surface area contributed by atoms with Crippen LogP contribution in [0.4, 0.5) is 5.69 Å². The van der Waals surface area contributed by atoms with Gasteiger partial charge in [-0.25, -0.2) is 9.78 Å². The lowest BCUT2D eigenvalue weighted by Crippen LogP contribution is -2.42. The summed E-state index contributed by atoms with van der Waals surface area (Å²) in [7, 11) is 0. The molecule has 0 radical (unpaired) electrons. The summed E-state index contributed by atoms with van der Waals surface area (Å²) < 4.78 is 16.6. The maximum atomic E-state index is 13.2. The number of esters is 3. The SMILES string of the molecule is CCOC(=O)CC[C@H](NC(=O)c1ccc(N(CC)Cc2ccc3ncn(COC(=O)C(C)(C)C)c(=O)c3c2)cc1)C(=O)OCC. The van der Waals surface area contributed by atoms with Crippen LogP contribution < -0.4 is 15.8 Å². The highest BCUT2D eigenvalue weighted by Crippen LogP contribution is 2.20. The predicted molar refractivity (Wildman–Crippen MR) is 168 cm³/mol. The Labute approximate surface area is 262 Å². The standard InChI is InChI=1S/C33H42N4O8/c1-7-36(19-22-10-15-26-25(18-22)30(40)37(20-34-26)21-45-32(42)33(4,5)6)24-13-11-23(12-14-24)29(39)35-27(31(41)44-9-3)16-17-28(38)43-8-2/h10-15,18,20,27H,7-9,16-17,19,21H2,1-6H3,(H,35,39)/t27-/m0/s1. The second kappa shape index (κ2) is 15.8. The molecule has 3 rings (SSSR count). The fraction of sp³-hybridized carbons (Fsp3) is 0.455. The van der Waals surface area contributed by atoms with Crippen LogP contribution in [-0.2, 0) is 41.9 Å². The summed E-state index contributed by atoms with van der Waals surface area (Å²) in [4.78, 5) is 68.9. The van der Waals surface area contributed by atoms with Crippen LogP contribution in [0.3, 0.4) is 0 Å². The third-order valence-corrected chi connectivity index (χ3v) is 6.90. The van der Waals surface area contributed by atoms with Crippen molar-refractivity contribution >= 4 is 40.4 Å². The van der Waals surface area contributed by atoms with Crippen molar-refractivity contribution in [1.82, 2.24) is 14.9 Å². The highest BCUT2D eigenvalue weighted by Gasteiger charge is 2.25. The first kappa shape index (κ1) is 34.7. The zero-order valence-electron chi connectivity index (χ0n) is 26.8. The quantitative estimate of drug-likeness (QED) is 0.207. The topological polar surface area (TPSA) is 146 Å². The molecule has 2 aromatic carbocycles. The van der Waals surface area contributed by atoms with Crippen molar-refractivity contribution in [3.63, 3.8) is 0 Å². The first-order valence-corrected chi connectivity index (χ1v) is 15.0. The summed E-state index contributed by atoms with van der Waals surface area (Å²) in [5.74, 6) is -1.97. The molecule has 0 bridgehead atoms. The van der Waals surface area contributed by atoms with E-state index in [4.69, 9.17) is 14.2 Å². The molecule has 12 nitrogen and oxygen atoms in total. The molecule has 242 valence electrons. The average molecular weight is 623 g/mol. The molecule has 0 unspecified atom stereocenters. The molecule has 1 N–H and O–H groups in total. The van der Waals surface area contributed by atoms with Gasteiger partial charge in [-0.05, 0) is 89.9 Å². The number of rotatable bonds is 14. The lowest BCUT2D eigenvalue weighted by Gasteiger charge is -2.24. The number of fused-ring (bicyclic) bond motifs is 1. The van der Waals surface area contributed by atoms with E-state index in [-0.39, 0.29) is 38.3 Å². The summed E-state index contributed by atoms with van der Waals surface area (Å²) in [6.45, 7) is 11.8. The molecule has 0 aliphatic carbocycles. The van der Waals surface area contributed by atoms with Crippen molar-refractivity contribution in [2.75, 3.05) is 24.7 Å². The van der Waals surface area contributed by atoms with E-state index in [2.05, 4.69) is 15.2 Å². The predicted octanol–water partition coefficient (Wildman–Crippen LogP) is 3.97. The van der Waals surface area contributed by atoms with Gasteiger partial charge >= 0.3 is 17.9 Å². The molecule has 1 heterocycles. The van der Waals surface area contributed by atoms with E-state index in [0.29, 0.717) is 29.6 Å². The fourth-order valence-corrected chi connectivity index (χ4v) is 4.40. The molecule has 45 heavy (non-hydrogen) atoms. The van der Waals surface area contributed by atoms with Gasteiger partial charge in [0.05, 0.1) is 29.5 Å². The summed E-state index contributed by atoms with van der Waals surface area (Å²) in [6, 6.07) is 11.4. The molecule has 3 aromatic rings. The van der Waals surface area contributed by atoms with Crippen LogP contribution >= 0.6 is 0 Å². The highest BCUT2D eigenvalue weighted by atomic mass is 16.5. The Morgan fingerprint density at radius 3 is 2.27 bits per heavy atom. The Kier molecular flexibility index (Phi) is 12.2. The van der Waals surface area contributed by atoms with E-state index in [9.17, 15) is 24.0 Å². The lowest BCUT2D eigenvalue weighted by molar-refractivity contribution is -0.157. The number of carbonyl (C=O) groups is 4. The summed E-state index contributed by atoms with van der Waals surface area (Å²) in [5, 5.41) is 3.07. The van der Waals surface area contributed by atoms with E-state index in [1.807, 2.05) is 13.0 Å². The first-order chi connectivity index (χ1) is 21.4. The van der Waals surface area contributed by atoms with Crippen molar-refractivity contribution in [2.45, 2.75) is 73.7 Å². The molecule has 0 spiro atoms. The molecule has 0 aliphatic heterocycles. The molecule has 0 fully saturated rings. The van der Waals surface area contributed by atoms with Crippen molar-refractivity contribution in [3.05, 3.63) is 70.3 Å². The lowest BCUT2D eigenvalue weighted by atomic mass is 9.98. The molecular formula is C33H42N4O8. The monoisotopic (exact) mass is 622 g/mol. The first-order valence-electron chi connectivity index (χ1n) is 15.0. The van der Waals surface area contributed by atoms with Gasteiger partial charge in [0.15, 0.2) is 6.73 Å². The van der Waals surface area contributed by atoms with Gasteiger partial charge in [-0.2, -0.15) is 0 Å². The number of hydrogen-bond donors (Lipinski definition) is 1. The minimum Gasteiger partial charge on any atom is -0.466 e. The third kappa shape index (κ3) is 9.62. The number of carbonyl (C=O) groups excluding carboxylic acids is 4. The minimum absolute atomic E-state index is 0.0364. The van der Waals surface area contributed by atoms with Crippen LogP contribution in [0.25, 0.3) is 10.9 Å². The Morgan fingerprint density at radius 2 is 1.64 bits per heavy atom. The molecular weight excluding hydrogens is 580 g/mol. The summed E-state index contributed by atoms with van der Waals surface area (Å²) in [5.41, 5.74) is 1.58. The van der Waals surface area contributed by atoms with Crippen molar-refractivity contribution in [3.8, 4) is 0 Å². The van der Waals surface area contributed by atoms with Crippen molar-refractivity contribution in [2.24, 2.45) is 5.41 Å². The van der Waals surface area contributed by atoms with E-state index < -0.39 is 35.3 Å². The Bertz CT molecular complexity index is 1560. The minimum atomic E-state index is -0.994. The van der Waals surface area contributed by atoms with Crippen molar-refractivity contribution in [1.29, 1.82) is 0 Å². The smallest absolute Gasteiger partial charge is 0.328 e. The molecule has 1 aromatic heterocycles. The van der Waals surface area contributed by atoms with E-state index in [1.54, 1.807) is 71.0 Å². The number of amides is 1. The van der Waals surface area contributed by atoms with Crippen LogP contribution in [0, 0.1) is 5.41 Å². The van der Waals surface area contributed by atoms with Gasteiger partial charge in [0.2, 0.25) is 0 Å². The maximum Gasteiger partial charge on any atom is 0.328 e. The normalized spacial score (nSPS) is 11.9. The van der Waals surface area contributed by atoms with Gasteiger partial charge in [0.1, 0.15) is 12.4 Å². The second-order valence-electron chi connectivity index (χ2n) is 11.4. The van der Waals surface area contributed by atoms with Crippen LogP contribution in [-0.4, -0.2) is 59.2 Å². The zero-order chi connectivity index (χ0) is 33.1. The number of nitrogens with zero attached hydrogens (tertiary/aromatic N) is 3. The van der Waals surface area contributed by atoms with Gasteiger partial charge in [0.25, 0.3) is 11.5 Å². The molecule has 12 heteroatoms. The highest BCUT2D eigenvalue weighted by molar-refractivity contribution is 5.97. The Morgan fingerprint density at radius 1 is 0.956 bits per heavy atom. The van der Waals surface area contributed by atoms with Crippen LogP contribution in [0.1, 0.15) is 70.3 Å². The fourth-order valence-electron chi connectivity index (χ4n) is 4.40. The van der Waals surface area contributed by atoms with Gasteiger partial charge in [-0.1, -0.05) is 6.07 Å². The van der Waals surface area contributed by atoms with Gasteiger partial charge in [-0.15, -0.1) is 0 Å². The third-order valence-electron chi connectivity index (χ3n) is 6.90. The molecule has 1 amide bonds. The summed E-state index contributed by atoms with van der Waals surface area (Å²) >= 11 is 0. The molecule has 0 aliphatic rings. The van der Waals surface area contributed by atoms with E-state index in [0.717, 1.165) is 11.3 Å². The van der Waals surface area contributed by atoms with E-state index in [1.165, 1.54) is 10.9 Å². The largest absolute Gasteiger partial charge is 0.466 e. The number of benzene rings is 2. The average Bonchev–Trinajstić information content (AvgIpc) is 3.01. The van der Waals surface area contributed by atoms with E-state index >= 15 is 0 Å². The molecule has 0 saturated carbocycles. The van der Waals surface area contributed by atoms with Crippen LogP contribution in [0.15, 0.2) is 53.6 Å². The number of nitrogens with one attached hydrogen (secondary N) is 1. The van der Waals surface area contributed by atoms with Gasteiger partial charge < -0.3 is 24.4 Å². The molecule has 1 atom stereocenters. The van der Waals surface area contributed by atoms with Crippen molar-refractivity contribution < 1.29 is 33.4 Å². The molecule has 0 saturated heterocycles. The number of anilines is 1. The second-order valence-corrected chi connectivity index (χ2v) is 11.4. The zero-order valence-corrected chi connectivity index (χ0v) is 26.8. The van der Waals surface area contributed by atoms with Gasteiger partial charge in [0, 0.05) is 30.8 Å². The maximum absolute atomic E-state index is 13.2. The number of hydrogen-bond acceptors (Lipinski definition) is 10. The summed E-state index contributed by atoms with van der Waals surface area (Å²) in [6.07, 6.45) is 1.39. The Balaban J connectivity index is 1.72. The number of aromatic nitrogens is 2. The Hall–Kier alpha value is -4.74. The van der Waals surface area contributed by atoms with Gasteiger partial charge in [-0.3, -0.25) is 23.7 Å².